The minimum Gasteiger partial charge on any atom is -0.398 e. The van der Waals surface area contributed by atoms with Crippen LogP contribution in [0.5, 0.6) is 0 Å². The molecule has 0 aliphatic carbocycles. The fourth-order valence-electron chi connectivity index (χ4n) is 2.42. The molecular weight excluding hydrogens is 228 g/mol. The van der Waals surface area contributed by atoms with Gasteiger partial charge in [-0.05, 0) is 36.2 Å². The van der Waals surface area contributed by atoms with Crippen molar-refractivity contribution in [2.45, 2.75) is 26.6 Å². The zero-order valence-corrected chi connectivity index (χ0v) is 10.8. The molecule has 0 radical (unpaired) electrons. The van der Waals surface area contributed by atoms with Crippen LogP contribution in [0.4, 0.5) is 5.69 Å². The summed E-state index contributed by atoms with van der Waals surface area (Å²) in [5.74, 6) is 0. The lowest BCUT2D eigenvalue weighted by molar-refractivity contribution is 0.278. The molecule has 0 spiro atoms. The number of nitrogen functional groups attached to an aromatic ring is 1. The molecule has 0 amide bonds. The molecule has 1 aromatic carbocycles. The summed E-state index contributed by atoms with van der Waals surface area (Å²) in [4.78, 5) is 5.27. The van der Waals surface area contributed by atoms with Crippen LogP contribution < -0.4 is 5.73 Å². The van der Waals surface area contributed by atoms with Gasteiger partial charge in [0.1, 0.15) is 0 Å². The van der Waals surface area contributed by atoms with Gasteiger partial charge in [-0.1, -0.05) is 12.1 Å². The van der Waals surface area contributed by atoms with E-state index in [1.807, 2.05) is 23.5 Å². The lowest BCUT2D eigenvalue weighted by Gasteiger charge is -2.13. The second-order valence-electron chi connectivity index (χ2n) is 4.64. The fraction of sp³-hybridized carbons (Fsp3) is 0.286. The summed E-state index contributed by atoms with van der Waals surface area (Å²) in [5.41, 5.74) is 9.65. The zero-order chi connectivity index (χ0) is 11.8. The largest absolute Gasteiger partial charge is 0.398 e. The van der Waals surface area contributed by atoms with E-state index < -0.39 is 0 Å². The van der Waals surface area contributed by atoms with Crippen LogP contribution in [-0.4, -0.2) is 4.90 Å². The lowest BCUT2D eigenvalue weighted by atomic mass is 10.1. The van der Waals surface area contributed by atoms with Crippen molar-refractivity contribution >= 4 is 17.0 Å². The Morgan fingerprint density at radius 3 is 2.82 bits per heavy atom. The summed E-state index contributed by atoms with van der Waals surface area (Å²) < 4.78 is 0. The Labute approximate surface area is 106 Å². The van der Waals surface area contributed by atoms with E-state index in [1.165, 1.54) is 20.9 Å². The second kappa shape index (κ2) is 4.17. The van der Waals surface area contributed by atoms with E-state index >= 15 is 0 Å². The summed E-state index contributed by atoms with van der Waals surface area (Å²) in [6.45, 7) is 5.20. The molecule has 3 heteroatoms. The minimum absolute atomic E-state index is 0.937. The molecule has 2 nitrogen and oxygen atoms in total. The van der Waals surface area contributed by atoms with Crippen LogP contribution in [-0.2, 0) is 19.6 Å². The van der Waals surface area contributed by atoms with Crippen molar-refractivity contribution in [3.8, 4) is 0 Å². The standard InChI is InChI=1S/C14H16N2S/c1-10-5-6-12(17-10)8-16-7-11-3-2-4-14(15)13(11)9-16/h2-6H,7-9,15H2,1H3. The van der Waals surface area contributed by atoms with Crippen molar-refractivity contribution < 1.29 is 0 Å². The maximum absolute atomic E-state index is 6.01. The van der Waals surface area contributed by atoms with E-state index in [-0.39, 0.29) is 0 Å². The highest BCUT2D eigenvalue weighted by Gasteiger charge is 2.20. The third-order valence-electron chi connectivity index (χ3n) is 3.26. The zero-order valence-electron chi connectivity index (χ0n) is 9.94. The summed E-state index contributed by atoms with van der Waals surface area (Å²) in [5, 5.41) is 0. The van der Waals surface area contributed by atoms with Gasteiger partial charge in [0.25, 0.3) is 0 Å². The van der Waals surface area contributed by atoms with Crippen LogP contribution in [0.25, 0.3) is 0 Å². The van der Waals surface area contributed by atoms with Crippen LogP contribution in [0.3, 0.4) is 0 Å². The number of fused-ring (bicyclic) bond motifs is 1. The second-order valence-corrected chi connectivity index (χ2v) is 6.01. The van der Waals surface area contributed by atoms with Crippen LogP contribution in [0.1, 0.15) is 20.9 Å². The first-order valence-corrected chi connectivity index (χ1v) is 6.68. The Bertz CT molecular complexity index is 545. The van der Waals surface area contributed by atoms with Crippen LogP contribution in [0.2, 0.25) is 0 Å². The Hall–Kier alpha value is -1.32. The van der Waals surface area contributed by atoms with Crippen molar-refractivity contribution in [3.63, 3.8) is 0 Å². The number of hydrogen-bond donors (Lipinski definition) is 1. The Kier molecular flexibility index (Phi) is 2.65. The molecule has 2 N–H and O–H groups in total. The molecule has 17 heavy (non-hydrogen) atoms. The molecule has 1 aliphatic rings. The molecule has 0 bridgehead atoms. The summed E-state index contributed by atoms with van der Waals surface area (Å²) in [6, 6.07) is 10.7. The third kappa shape index (κ3) is 2.08. The summed E-state index contributed by atoms with van der Waals surface area (Å²) in [7, 11) is 0. The van der Waals surface area contributed by atoms with Gasteiger partial charge in [-0.3, -0.25) is 4.90 Å². The maximum atomic E-state index is 6.01. The molecule has 2 aromatic rings. The molecular formula is C14H16N2S. The van der Waals surface area contributed by atoms with E-state index in [1.54, 1.807) is 0 Å². The number of aryl methyl sites for hydroxylation is 1. The number of nitrogens with two attached hydrogens (primary N) is 1. The van der Waals surface area contributed by atoms with E-state index in [2.05, 4.69) is 30.0 Å². The van der Waals surface area contributed by atoms with E-state index in [0.717, 1.165) is 25.3 Å². The maximum Gasteiger partial charge on any atom is 0.0363 e. The predicted molar refractivity (Wildman–Crippen MR) is 72.9 cm³/mol. The highest BCUT2D eigenvalue weighted by molar-refractivity contribution is 7.11. The average Bonchev–Trinajstić information content (AvgIpc) is 2.86. The molecule has 1 aliphatic heterocycles. The molecule has 0 atom stereocenters. The molecule has 1 aromatic heterocycles. The monoisotopic (exact) mass is 244 g/mol. The number of rotatable bonds is 2. The van der Waals surface area contributed by atoms with Gasteiger partial charge in [0.2, 0.25) is 0 Å². The lowest BCUT2D eigenvalue weighted by Crippen LogP contribution is -2.14. The number of nitrogens with zero attached hydrogens (tertiary/aromatic N) is 1. The van der Waals surface area contributed by atoms with Crippen LogP contribution in [0, 0.1) is 6.92 Å². The number of benzene rings is 1. The van der Waals surface area contributed by atoms with E-state index in [0.29, 0.717) is 0 Å². The van der Waals surface area contributed by atoms with Gasteiger partial charge in [-0.2, -0.15) is 0 Å². The van der Waals surface area contributed by atoms with Gasteiger partial charge >= 0.3 is 0 Å². The molecule has 0 saturated heterocycles. The first-order valence-electron chi connectivity index (χ1n) is 5.86. The fourth-order valence-corrected chi connectivity index (χ4v) is 3.35. The van der Waals surface area contributed by atoms with Crippen molar-refractivity contribution in [3.05, 3.63) is 51.2 Å². The Balaban J connectivity index is 1.76. The number of anilines is 1. The number of thiophene rings is 1. The van der Waals surface area contributed by atoms with Crippen molar-refractivity contribution in [1.29, 1.82) is 0 Å². The van der Waals surface area contributed by atoms with E-state index in [4.69, 9.17) is 5.73 Å². The first-order chi connectivity index (χ1) is 8.22. The highest BCUT2D eigenvalue weighted by Crippen LogP contribution is 2.29. The third-order valence-corrected chi connectivity index (χ3v) is 4.25. The molecule has 2 heterocycles. The van der Waals surface area contributed by atoms with Gasteiger partial charge < -0.3 is 5.73 Å². The molecule has 3 rings (SSSR count). The summed E-state index contributed by atoms with van der Waals surface area (Å²) >= 11 is 1.88. The van der Waals surface area contributed by atoms with E-state index in [9.17, 15) is 0 Å². The topological polar surface area (TPSA) is 29.3 Å². The van der Waals surface area contributed by atoms with Crippen LogP contribution in [0.15, 0.2) is 30.3 Å². The predicted octanol–water partition coefficient (Wildman–Crippen LogP) is 3.15. The molecule has 0 unspecified atom stereocenters. The van der Waals surface area contributed by atoms with Crippen molar-refractivity contribution in [2.24, 2.45) is 0 Å². The summed E-state index contributed by atoms with van der Waals surface area (Å²) in [6.07, 6.45) is 0. The molecule has 0 fully saturated rings. The van der Waals surface area contributed by atoms with Crippen molar-refractivity contribution in [2.75, 3.05) is 5.73 Å². The minimum atomic E-state index is 0.937. The normalized spacial score (nSPS) is 15.1. The smallest absolute Gasteiger partial charge is 0.0363 e. The van der Waals surface area contributed by atoms with Gasteiger partial charge in [-0.15, -0.1) is 11.3 Å². The Morgan fingerprint density at radius 2 is 2.12 bits per heavy atom. The van der Waals surface area contributed by atoms with Crippen LogP contribution >= 0.6 is 11.3 Å². The van der Waals surface area contributed by atoms with Gasteiger partial charge in [-0.25, -0.2) is 0 Å². The molecule has 0 saturated carbocycles. The van der Waals surface area contributed by atoms with Crippen molar-refractivity contribution in [1.82, 2.24) is 4.90 Å². The van der Waals surface area contributed by atoms with Gasteiger partial charge in [0.15, 0.2) is 0 Å². The SMILES string of the molecule is Cc1ccc(CN2Cc3cccc(N)c3C2)s1. The van der Waals surface area contributed by atoms with Gasteiger partial charge in [0, 0.05) is 35.1 Å². The highest BCUT2D eigenvalue weighted by atomic mass is 32.1. The quantitative estimate of drug-likeness (QED) is 0.822. The molecule has 88 valence electrons. The Morgan fingerprint density at radius 1 is 1.24 bits per heavy atom. The first kappa shape index (κ1) is 10.8. The average molecular weight is 244 g/mol. The number of hydrogen-bond acceptors (Lipinski definition) is 3. The van der Waals surface area contributed by atoms with Gasteiger partial charge in [0.05, 0.1) is 0 Å².